The Hall–Kier alpha value is -2.09. The first-order chi connectivity index (χ1) is 10.9. The summed E-state index contributed by atoms with van der Waals surface area (Å²) < 4.78 is 30.4. The van der Waals surface area contributed by atoms with Crippen LogP contribution in [-0.2, 0) is 21.3 Å². The third-order valence-electron chi connectivity index (χ3n) is 3.12. The van der Waals surface area contributed by atoms with Crippen LogP contribution in [0, 0.1) is 5.82 Å². The van der Waals surface area contributed by atoms with E-state index in [0.717, 1.165) is 0 Å². The Morgan fingerprint density at radius 1 is 1.39 bits per heavy atom. The second-order valence-electron chi connectivity index (χ2n) is 5.37. The number of aromatic nitrogens is 2. The van der Waals surface area contributed by atoms with Crippen LogP contribution in [0.2, 0.25) is 0 Å². The predicted molar refractivity (Wildman–Crippen MR) is 84.7 cm³/mol. The van der Waals surface area contributed by atoms with Gasteiger partial charge in [-0.15, -0.1) is 0 Å². The molecule has 2 rings (SSSR count). The van der Waals surface area contributed by atoms with E-state index in [2.05, 4.69) is 15.5 Å². The number of rotatable bonds is 6. The smallest absolute Gasteiger partial charge is 0.239 e. The summed E-state index contributed by atoms with van der Waals surface area (Å²) in [5.74, 6) is -0.0422. The van der Waals surface area contributed by atoms with Crippen molar-refractivity contribution >= 4 is 22.4 Å². The van der Waals surface area contributed by atoms with Crippen LogP contribution >= 0.6 is 0 Å². The monoisotopic (exact) mass is 339 g/mol. The van der Waals surface area contributed by atoms with Gasteiger partial charge in [0.05, 0.1) is 0 Å². The van der Waals surface area contributed by atoms with E-state index in [-0.39, 0.29) is 17.6 Å². The molecule has 0 fully saturated rings. The largest absolute Gasteiger partial charge is 0.338 e. The van der Waals surface area contributed by atoms with E-state index in [0.29, 0.717) is 11.5 Å². The maximum atomic E-state index is 13.1. The Kier molecular flexibility index (Phi) is 5.59. The molecule has 124 valence electrons. The Morgan fingerprint density at radius 3 is 2.74 bits per heavy atom. The van der Waals surface area contributed by atoms with Gasteiger partial charge in [0.2, 0.25) is 11.8 Å². The second kappa shape index (κ2) is 7.45. The van der Waals surface area contributed by atoms with Crippen LogP contribution in [0.3, 0.4) is 0 Å². The molecule has 0 saturated carbocycles. The number of hydrogen-bond donors (Lipinski definition) is 1. The molecule has 0 aliphatic rings. The number of carbonyl (C=O) groups is 1. The van der Waals surface area contributed by atoms with E-state index in [9.17, 15) is 13.4 Å². The molecule has 0 bridgehead atoms. The average molecular weight is 339 g/mol. The molecule has 0 aliphatic carbocycles. The maximum absolute atomic E-state index is 13.1. The van der Waals surface area contributed by atoms with Crippen molar-refractivity contribution in [2.24, 2.45) is 0 Å². The summed E-state index contributed by atoms with van der Waals surface area (Å²) in [5.41, 5.74) is 0.318. The molecule has 1 N–H and O–H groups in total. The van der Waals surface area contributed by atoms with Gasteiger partial charge in [0.25, 0.3) is 0 Å². The van der Waals surface area contributed by atoms with Crippen LogP contribution in [0.1, 0.15) is 38.4 Å². The van der Waals surface area contributed by atoms with Gasteiger partial charge in [0.1, 0.15) is 16.8 Å². The molecule has 2 aromatic rings. The summed E-state index contributed by atoms with van der Waals surface area (Å²) in [6.07, 6.45) is 0. The molecule has 1 amide bonds. The number of carbonyl (C=O) groups excluding carboxylic acids is 1. The van der Waals surface area contributed by atoms with Crippen LogP contribution in [0.25, 0.3) is 0 Å². The maximum Gasteiger partial charge on any atom is 0.239 e. The molecule has 23 heavy (non-hydrogen) atoms. The number of halogens is 1. The van der Waals surface area contributed by atoms with Crippen LogP contribution < -0.4 is 5.32 Å². The van der Waals surface area contributed by atoms with E-state index in [1.54, 1.807) is 6.07 Å². The molecule has 6 nitrogen and oxygen atoms in total. The number of nitrogens with one attached hydrogen (secondary N) is 1. The Balaban J connectivity index is 1.96. The van der Waals surface area contributed by atoms with Gasteiger partial charge < -0.3 is 9.84 Å². The number of hydrogen-bond acceptors (Lipinski definition) is 5. The molecule has 0 saturated heterocycles. The summed E-state index contributed by atoms with van der Waals surface area (Å²) >= 11 is 0. The standard InChI is InChI=1S/C15H18FN3O3S/c1-9(2)14-18-13(22-19-14)8-23(21)10(3)15(20)17-12-6-4-5-11(16)7-12/h4-7,9-10H,8H2,1-3H3,(H,17,20)/t10-,23-/m0/s1. The zero-order valence-electron chi connectivity index (χ0n) is 13.1. The van der Waals surface area contributed by atoms with Gasteiger partial charge in [-0.3, -0.25) is 9.00 Å². The summed E-state index contributed by atoms with van der Waals surface area (Å²) in [4.78, 5) is 16.2. The lowest BCUT2D eigenvalue weighted by Crippen LogP contribution is -2.29. The van der Waals surface area contributed by atoms with E-state index < -0.39 is 27.8 Å². The van der Waals surface area contributed by atoms with Crippen molar-refractivity contribution in [1.82, 2.24) is 10.1 Å². The number of benzene rings is 1. The molecule has 0 unspecified atom stereocenters. The molecule has 0 aliphatic heterocycles. The number of nitrogens with zero attached hydrogens (tertiary/aromatic N) is 2. The van der Waals surface area contributed by atoms with Gasteiger partial charge in [0.15, 0.2) is 5.82 Å². The van der Waals surface area contributed by atoms with Crippen molar-refractivity contribution in [2.75, 3.05) is 5.32 Å². The summed E-state index contributed by atoms with van der Waals surface area (Å²) in [6, 6.07) is 5.52. The number of amides is 1. The van der Waals surface area contributed by atoms with Crippen LogP contribution in [0.4, 0.5) is 10.1 Å². The van der Waals surface area contributed by atoms with Gasteiger partial charge in [0, 0.05) is 22.4 Å². The third kappa shape index (κ3) is 4.69. The summed E-state index contributed by atoms with van der Waals surface area (Å²) in [6.45, 7) is 5.37. The third-order valence-corrected chi connectivity index (χ3v) is 4.66. The van der Waals surface area contributed by atoms with E-state index in [1.165, 1.54) is 25.1 Å². The van der Waals surface area contributed by atoms with Gasteiger partial charge in [-0.05, 0) is 25.1 Å². The quantitative estimate of drug-likeness (QED) is 0.874. The first kappa shape index (κ1) is 17.3. The second-order valence-corrected chi connectivity index (χ2v) is 7.13. The normalized spacial score (nSPS) is 13.8. The first-order valence-electron chi connectivity index (χ1n) is 7.13. The Bertz CT molecular complexity index is 717. The van der Waals surface area contributed by atoms with Crippen molar-refractivity contribution in [3.63, 3.8) is 0 Å². The highest BCUT2D eigenvalue weighted by Gasteiger charge is 2.23. The molecule has 0 radical (unpaired) electrons. The minimum absolute atomic E-state index is 0.00252. The van der Waals surface area contributed by atoms with Crippen molar-refractivity contribution in [3.8, 4) is 0 Å². The van der Waals surface area contributed by atoms with Gasteiger partial charge in [-0.25, -0.2) is 4.39 Å². The average Bonchev–Trinajstić information content (AvgIpc) is 2.95. The van der Waals surface area contributed by atoms with Crippen LogP contribution in [-0.4, -0.2) is 25.5 Å². The minimum atomic E-state index is -1.53. The van der Waals surface area contributed by atoms with Crippen molar-refractivity contribution in [2.45, 2.75) is 37.7 Å². The lowest BCUT2D eigenvalue weighted by Gasteiger charge is -2.11. The highest BCUT2D eigenvalue weighted by Crippen LogP contribution is 2.14. The number of anilines is 1. The van der Waals surface area contributed by atoms with Crippen LogP contribution in [0.15, 0.2) is 28.8 Å². The molecule has 1 aromatic heterocycles. The Labute approximate surface area is 135 Å². The lowest BCUT2D eigenvalue weighted by atomic mass is 10.2. The topological polar surface area (TPSA) is 85.1 Å². The molecule has 8 heteroatoms. The molecular weight excluding hydrogens is 321 g/mol. The predicted octanol–water partition coefficient (Wildman–Crippen LogP) is 2.61. The lowest BCUT2D eigenvalue weighted by molar-refractivity contribution is -0.115. The van der Waals surface area contributed by atoms with E-state index in [4.69, 9.17) is 4.52 Å². The molecule has 0 spiro atoms. The first-order valence-corrected chi connectivity index (χ1v) is 8.51. The minimum Gasteiger partial charge on any atom is -0.338 e. The van der Waals surface area contributed by atoms with Gasteiger partial charge in [-0.1, -0.05) is 25.1 Å². The summed E-state index contributed by atoms with van der Waals surface area (Å²) in [5, 5.41) is 5.52. The Morgan fingerprint density at radius 2 is 2.13 bits per heavy atom. The fourth-order valence-electron chi connectivity index (χ4n) is 1.74. The van der Waals surface area contributed by atoms with E-state index >= 15 is 0 Å². The fourth-order valence-corrected chi connectivity index (χ4v) is 2.65. The van der Waals surface area contributed by atoms with Gasteiger partial charge >= 0.3 is 0 Å². The molecular formula is C15H18FN3O3S. The fraction of sp³-hybridized carbons (Fsp3) is 0.400. The van der Waals surface area contributed by atoms with Crippen molar-refractivity contribution in [1.29, 1.82) is 0 Å². The zero-order chi connectivity index (χ0) is 17.0. The highest BCUT2D eigenvalue weighted by molar-refractivity contribution is 7.85. The van der Waals surface area contributed by atoms with Crippen molar-refractivity contribution < 1.29 is 17.9 Å². The SMILES string of the molecule is CC(C)c1noc(C[S@](=O)[C@@H](C)C(=O)Nc2cccc(F)c2)n1. The summed E-state index contributed by atoms with van der Waals surface area (Å²) in [7, 11) is -1.53. The van der Waals surface area contributed by atoms with Gasteiger partial charge in [-0.2, -0.15) is 4.98 Å². The zero-order valence-corrected chi connectivity index (χ0v) is 13.9. The molecule has 2 atom stereocenters. The van der Waals surface area contributed by atoms with Crippen LogP contribution in [0.5, 0.6) is 0 Å². The molecule has 1 heterocycles. The molecule has 1 aromatic carbocycles. The van der Waals surface area contributed by atoms with Crippen molar-refractivity contribution in [3.05, 3.63) is 41.8 Å². The highest BCUT2D eigenvalue weighted by atomic mass is 32.2. The van der Waals surface area contributed by atoms with E-state index in [1.807, 2.05) is 13.8 Å².